The summed E-state index contributed by atoms with van der Waals surface area (Å²) in [5.41, 5.74) is 8.89. The Morgan fingerprint density at radius 2 is 1.50 bits per heavy atom. The molecule has 26 valence electrons. The van der Waals surface area contributed by atoms with Crippen LogP contribution < -0.4 is 11.5 Å². The molecule has 3 heteroatoms. The van der Waals surface area contributed by atoms with Crippen LogP contribution in [0.4, 0.5) is 0 Å². The molecule has 0 aliphatic rings. The van der Waals surface area contributed by atoms with E-state index in [1.54, 1.807) is 0 Å². The second kappa shape index (κ2) is 1.23. The van der Waals surface area contributed by atoms with Gasteiger partial charge in [0.2, 0.25) is 0 Å². The summed E-state index contributed by atoms with van der Waals surface area (Å²) in [6, 6.07) is 0. The topological polar surface area (TPSA) is 72.3 Å². The van der Waals surface area contributed by atoms with E-state index in [0.29, 0.717) is 0 Å². The normalized spacial score (nSPS) is 9.00. The third-order valence-corrected chi connectivity index (χ3v) is 0. The molecule has 0 fully saturated rings. The summed E-state index contributed by atoms with van der Waals surface area (Å²) in [5, 5.41) is 7.61. The highest BCUT2D eigenvalue weighted by Crippen LogP contribution is 1.29. The average Bonchev–Trinajstić information content (AvgIpc) is 0.811. The van der Waals surface area contributed by atoms with E-state index in [0.717, 1.165) is 0 Å². The van der Waals surface area contributed by atoms with Gasteiger partial charge in [-0.1, -0.05) is 0 Å². The minimum Gasteiger partial charge on any atom is -0.366 e. The van der Waals surface area contributed by atoms with Gasteiger partial charge in [0.05, 0.1) is 0 Å². The summed E-state index contributed by atoms with van der Waals surface area (Å²) in [5.74, 6) is 0. The monoisotopic (exact) mass is 62.0 g/mol. The van der Waals surface area contributed by atoms with Crippen LogP contribution in [0.15, 0.2) is 0 Å². The van der Waals surface area contributed by atoms with Crippen molar-refractivity contribution >= 4 is 0 Å². The predicted molar refractivity (Wildman–Crippen MR) is 14.4 cm³/mol. The summed E-state index contributed by atoms with van der Waals surface area (Å²) >= 11 is 0. The Morgan fingerprint density at radius 1 is 1.50 bits per heavy atom. The number of rotatable bonds is 0. The number of nitrogens with two attached hydrogens (primary N) is 2. The first-order valence-electron chi connectivity index (χ1n) is 0.925. The van der Waals surface area contributed by atoms with E-state index in [1.807, 2.05) is 0 Å². The highest BCUT2D eigenvalue weighted by molar-refractivity contribution is 4.12. The van der Waals surface area contributed by atoms with Gasteiger partial charge in [0.25, 0.3) is 0 Å². The van der Waals surface area contributed by atoms with Crippen LogP contribution in [0.3, 0.4) is 0 Å². The van der Waals surface area contributed by atoms with Crippen molar-refractivity contribution in [3.05, 3.63) is 0 Å². The first-order valence-corrected chi connectivity index (χ1v) is 0.925. The lowest BCUT2D eigenvalue weighted by Gasteiger charge is -1.83. The van der Waals surface area contributed by atoms with Crippen LogP contribution in [0.2, 0.25) is 0 Å². The van der Waals surface area contributed by atoms with Gasteiger partial charge in [-0.05, 0) is 0 Å². The highest BCUT2D eigenvalue weighted by Gasteiger charge is 1.67. The Labute approximate surface area is 24.2 Å². The first kappa shape index (κ1) is 3.88. The maximum Gasteiger partial charge on any atom is 0.155 e. The predicted octanol–water partition coefficient (Wildman–Crippen LogP) is -1.82. The third kappa shape index (κ3) is 101. The summed E-state index contributed by atoms with van der Waals surface area (Å²) in [6.45, 7) is 0. The maximum atomic E-state index is 7.61. The van der Waals surface area contributed by atoms with Gasteiger partial charge in [0, 0.05) is 0 Å². The van der Waals surface area contributed by atoms with E-state index in [1.165, 1.54) is 0 Å². The molecule has 0 spiro atoms. The summed E-state index contributed by atoms with van der Waals surface area (Å²) in [4.78, 5) is 0. The fourth-order valence-electron chi connectivity index (χ4n) is 0. The average molecular weight is 62.1 g/mol. The van der Waals surface area contributed by atoms with E-state index in [2.05, 4.69) is 11.5 Å². The lowest BCUT2D eigenvalue weighted by molar-refractivity contribution is 0.190. The van der Waals surface area contributed by atoms with E-state index < -0.39 is 6.35 Å². The van der Waals surface area contributed by atoms with Gasteiger partial charge in [-0.15, -0.1) is 0 Å². The number of hydrogen-bond donors (Lipinski definition) is 3. The molecule has 0 amide bonds. The quantitative estimate of drug-likeness (QED) is 0.289. The molecular formula is CH6N2O. The molecule has 0 aliphatic heterocycles. The van der Waals surface area contributed by atoms with Crippen LogP contribution in [0, 0.1) is 0 Å². The van der Waals surface area contributed by atoms with Gasteiger partial charge in [0.15, 0.2) is 6.35 Å². The molecule has 4 heavy (non-hydrogen) atoms. The van der Waals surface area contributed by atoms with Gasteiger partial charge in [-0.3, -0.25) is 11.5 Å². The Kier molecular flexibility index (Phi) is 1.19. The summed E-state index contributed by atoms with van der Waals surface area (Å²) < 4.78 is 0. The molecule has 0 unspecified atom stereocenters. The van der Waals surface area contributed by atoms with Crippen molar-refractivity contribution in [3.63, 3.8) is 0 Å². The van der Waals surface area contributed by atoms with E-state index >= 15 is 0 Å². The van der Waals surface area contributed by atoms with E-state index in [-0.39, 0.29) is 0 Å². The molecule has 0 aliphatic carbocycles. The lowest BCUT2D eigenvalue weighted by atomic mass is 11.1. The number of hydrogen-bond acceptors (Lipinski definition) is 3. The van der Waals surface area contributed by atoms with Gasteiger partial charge in [0.1, 0.15) is 0 Å². The molecule has 0 saturated heterocycles. The van der Waals surface area contributed by atoms with Gasteiger partial charge < -0.3 is 5.11 Å². The van der Waals surface area contributed by atoms with E-state index in [4.69, 9.17) is 5.11 Å². The number of aliphatic hydroxyl groups is 1. The van der Waals surface area contributed by atoms with Gasteiger partial charge in [-0.25, -0.2) is 0 Å². The lowest BCUT2D eigenvalue weighted by Crippen LogP contribution is -2.28. The zero-order chi connectivity index (χ0) is 3.58. The molecule has 0 atom stereocenters. The van der Waals surface area contributed by atoms with Crippen LogP contribution >= 0.6 is 0 Å². The van der Waals surface area contributed by atoms with Crippen molar-refractivity contribution in [1.82, 2.24) is 0 Å². The van der Waals surface area contributed by atoms with Crippen LogP contribution in [-0.4, -0.2) is 11.5 Å². The highest BCUT2D eigenvalue weighted by atomic mass is 16.3. The molecule has 5 N–H and O–H groups in total. The van der Waals surface area contributed by atoms with Crippen molar-refractivity contribution < 1.29 is 5.11 Å². The van der Waals surface area contributed by atoms with Crippen molar-refractivity contribution in [2.75, 3.05) is 0 Å². The molecule has 0 saturated carbocycles. The van der Waals surface area contributed by atoms with Crippen molar-refractivity contribution in [3.8, 4) is 0 Å². The fourth-order valence-corrected chi connectivity index (χ4v) is 0. The van der Waals surface area contributed by atoms with Crippen LogP contribution in [0.25, 0.3) is 0 Å². The third-order valence-electron chi connectivity index (χ3n) is 0. The Bertz CT molecular complexity index is 10.8. The van der Waals surface area contributed by atoms with E-state index in [9.17, 15) is 0 Å². The van der Waals surface area contributed by atoms with Crippen LogP contribution in [0.1, 0.15) is 0 Å². The zero-order valence-electron chi connectivity index (χ0n) is 2.18. The Hall–Kier alpha value is -0.120. The second-order valence-corrected chi connectivity index (χ2v) is 0.491. The van der Waals surface area contributed by atoms with Crippen molar-refractivity contribution in [2.45, 2.75) is 6.35 Å². The fraction of sp³-hybridized carbons (Fsp3) is 1.00. The van der Waals surface area contributed by atoms with Crippen molar-refractivity contribution in [2.24, 2.45) is 11.5 Å². The molecule has 0 heterocycles. The summed E-state index contributed by atoms with van der Waals surface area (Å²) in [7, 11) is 0. The molecule has 0 bridgehead atoms. The molecule has 3 nitrogen and oxygen atoms in total. The molecular weight excluding hydrogens is 56.0 g/mol. The van der Waals surface area contributed by atoms with Gasteiger partial charge >= 0.3 is 0 Å². The minimum absolute atomic E-state index is 1.17. The second-order valence-electron chi connectivity index (χ2n) is 0.491. The maximum absolute atomic E-state index is 7.61. The van der Waals surface area contributed by atoms with Crippen LogP contribution in [0.5, 0.6) is 0 Å². The molecule has 0 radical (unpaired) electrons. The summed E-state index contributed by atoms with van der Waals surface area (Å²) in [6.07, 6.45) is -1.17. The molecule has 0 aromatic carbocycles. The number of aliphatic hydroxyl groups excluding tert-OH is 1. The zero-order valence-corrected chi connectivity index (χ0v) is 2.18. The first-order chi connectivity index (χ1) is 1.73. The Balaban J connectivity index is 2.32. The molecule has 0 rings (SSSR count). The SMILES string of the molecule is NC(N)O. The van der Waals surface area contributed by atoms with Crippen molar-refractivity contribution in [1.29, 1.82) is 0 Å². The van der Waals surface area contributed by atoms with Crippen LogP contribution in [-0.2, 0) is 0 Å². The van der Waals surface area contributed by atoms with Gasteiger partial charge in [-0.2, -0.15) is 0 Å². The largest absolute Gasteiger partial charge is 0.366 e. The standard InChI is InChI=1S/CH6N2O/c2-1(3)4/h1,4H,2-3H2. The Morgan fingerprint density at radius 3 is 1.50 bits per heavy atom. The smallest absolute Gasteiger partial charge is 0.155 e. The minimum atomic E-state index is -1.17. The molecule has 0 aromatic rings. The molecule has 0 aromatic heterocycles.